The van der Waals surface area contributed by atoms with Gasteiger partial charge in [0, 0.05) is 11.9 Å². The van der Waals surface area contributed by atoms with Crippen molar-refractivity contribution in [2.75, 3.05) is 5.32 Å². The van der Waals surface area contributed by atoms with Crippen molar-refractivity contribution in [1.82, 2.24) is 9.38 Å². The molecule has 2 heterocycles. The number of carboxylic acids is 1. The van der Waals surface area contributed by atoms with E-state index in [0.717, 1.165) is 5.56 Å². The lowest BCUT2D eigenvalue weighted by molar-refractivity contribution is 0.0695. The third-order valence-electron chi connectivity index (χ3n) is 3.30. The summed E-state index contributed by atoms with van der Waals surface area (Å²) in [5, 5.41) is 12.3. The Morgan fingerprint density at radius 1 is 1.17 bits per heavy atom. The maximum Gasteiger partial charge on any atom is 0.345 e. The van der Waals surface area contributed by atoms with Crippen LogP contribution in [0.2, 0.25) is 0 Å². The van der Waals surface area contributed by atoms with Crippen molar-refractivity contribution < 1.29 is 9.90 Å². The van der Waals surface area contributed by atoms with E-state index in [4.69, 9.17) is 0 Å². The lowest BCUT2D eigenvalue weighted by Gasteiger charge is -2.11. The van der Waals surface area contributed by atoms with E-state index >= 15 is 0 Å². The molecule has 0 radical (unpaired) electrons. The molecule has 6 nitrogen and oxygen atoms in total. The van der Waals surface area contributed by atoms with Crippen molar-refractivity contribution in [3.05, 3.63) is 70.1 Å². The average molecular weight is 311 g/mol. The molecule has 0 saturated heterocycles. The zero-order valence-electron chi connectivity index (χ0n) is 11.8. The second kappa shape index (κ2) is 6.31. The molecule has 0 bridgehead atoms. The van der Waals surface area contributed by atoms with Crippen LogP contribution in [-0.4, -0.2) is 20.5 Å². The number of nitrogens with zero attached hydrogens (tertiary/aromatic N) is 2. The normalized spacial score (nSPS) is 10.1. The van der Waals surface area contributed by atoms with E-state index in [-0.39, 0.29) is 18.8 Å². The summed E-state index contributed by atoms with van der Waals surface area (Å²) in [7, 11) is 0. The number of aryl methyl sites for hydroxylation is 1. The van der Waals surface area contributed by atoms with Gasteiger partial charge in [-0.05, 0) is 30.7 Å². The van der Waals surface area contributed by atoms with Gasteiger partial charge in [-0.1, -0.05) is 31.7 Å². The first-order chi connectivity index (χ1) is 10.6. The number of pyridine rings is 1. The molecule has 0 spiro atoms. The summed E-state index contributed by atoms with van der Waals surface area (Å²) in [5.74, 6) is -1.27. The molecule has 0 aliphatic heterocycles. The van der Waals surface area contributed by atoms with Crippen molar-refractivity contribution >= 4 is 23.1 Å². The van der Waals surface area contributed by atoms with Gasteiger partial charge in [-0.3, -0.25) is 9.20 Å². The Labute approximate surface area is 133 Å². The van der Waals surface area contributed by atoms with Crippen LogP contribution in [0.25, 0.3) is 5.65 Å². The Balaban J connectivity index is 0.00000192. The summed E-state index contributed by atoms with van der Waals surface area (Å²) in [5.41, 5.74) is 0.880. The fourth-order valence-corrected chi connectivity index (χ4v) is 2.24. The zero-order chi connectivity index (χ0) is 15.7. The Morgan fingerprint density at radius 2 is 1.87 bits per heavy atom. The second-order valence-corrected chi connectivity index (χ2v) is 4.82. The predicted molar refractivity (Wildman–Crippen MR) is 89.6 cm³/mol. The van der Waals surface area contributed by atoms with E-state index in [1.807, 2.05) is 31.2 Å². The molecule has 6 heteroatoms. The highest BCUT2D eigenvalue weighted by molar-refractivity contribution is 5.94. The molecule has 3 aromatic rings. The molecular weight excluding hydrogens is 294 g/mol. The van der Waals surface area contributed by atoms with Gasteiger partial charge in [0.2, 0.25) is 0 Å². The fourth-order valence-electron chi connectivity index (χ4n) is 2.24. The van der Waals surface area contributed by atoms with Crippen molar-refractivity contribution in [3.63, 3.8) is 0 Å². The Morgan fingerprint density at radius 3 is 2.52 bits per heavy atom. The highest BCUT2D eigenvalue weighted by Crippen LogP contribution is 2.18. The minimum absolute atomic E-state index is 0. The van der Waals surface area contributed by atoms with E-state index in [1.54, 1.807) is 18.2 Å². The molecule has 0 unspecified atom stereocenters. The van der Waals surface area contributed by atoms with Gasteiger partial charge in [0.15, 0.2) is 11.4 Å². The monoisotopic (exact) mass is 311 g/mol. The van der Waals surface area contributed by atoms with E-state index in [0.29, 0.717) is 11.3 Å². The summed E-state index contributed by atoms with van der Waals surface area (Å²) in [4.78, 5) is 28.2. The largest absolute Gasteiger partial charge is 0.477 e. The van der Waals surface area contributed by atoms with E-state index < -0.39 is 11.5 Å². The molecule has 2 N–H and O–H groups in total. The van der Waals surface area contributed by atoms with Crippen LogP contribution in [0.1, 0.15) is 23.3 Å². The lowest BCUT2D eigenvalue weighted by Crippen LogP contribution is -2.25. The Kier molecular flexibility index (Phi) is 4.45. The molecule has 0 aliphatic carbocycles. The van der Waals surface area contributed by atoms with Gasteiger partial charge in [-0.15, -0.1) is 0 Å². The maximum atomic E-state index is 12.4. The maximum absolute atomic E-state index is 12.4. The van der Waals surface area contributed by atoms with Crippen molar-refractivity contribution in [2.24, 2.45) is 0 Å². The zero-order valence-corrected chi connectivity index (χ0v) is 11.8. The number of carboxylic acid groups (broad SMARTS) is 1. The molecule has 1 aromatic carbocycles. The van der Waals surface area contributed by atoms with Crippen LogP contribution in [0, 0.1) is 6.92 Å². The smallest absolute Gasteiger partial charge is 0.345 e. The number of hydrogen-bond acceptors (Lipinski definition) is 4. The molecule has 23 heavy (non-hydrogen) atoms. The molecule has 0 saturated carbocycles. The van der Waals surface area contributed by atoms with Crippen LogP contribution in [0.3, 0.4) is 0 Å². The van der Waals surface area contributed by atoms with Gasteiger partial charge < -0.3 is 10.4 Å². The van der Waals surface area contributed by atoms with Gasteiger partial charge >= 0.3 is 5.97 Å². The molecule has 0 fully saturated rings. The average Bonchev–Trinajstić information content (AvgIpc) is 2.49. The van der Waals surface area contributed by atoms with Crippen LogP contribution < -0.4 is 10.9 Å². The highest BCUT2D eigenvalue weighted by Gasteiger charge is 2.20. The number of benzene rings is 1. The predicted octanol–water partition coefficient (Wildman–Crippen LogP) is 3.08. The topological polar surface area (TPSA) is 83.7 Å². The Hall–Kier alpha value is -3.15. The van der Waals surface area contributed by atoms with Crippen molar-refractivity contribution in [1.29, 1.82) is 0 Å². The Bertz CT molecular complexity index is 918. The molecule has 0 atom stereocenters. The van der Waals surface area contributed by atoms with E-state index in [9.17, 15) is 14.7 Å². The van der Waals surface area contributed by atoms with Crippen molar-refractivity contribution in [3.8, 4) is 0 Å². The lowest BCUT2D eigenvalue weighted by atomic mass is 10.2. The third-order valence-corrected chi connectivity index (χ3v) is 3.30. The first kappa shape index (κ1) is 16.2. The number of carbonyl (C=O) groups is 1. The van der Waals surface area contributed by atoms with E-state index in [1.165, 1.54) is 10.6 Å². The van der Waals surface area contributed by atoms with Crippen LogP contribution in [0.15, 0.2) is 53.5 Å². The number of hydrogen-bond donors (Lipinski definition) is 2. The van der Waals surface area contributed by atoms with Crippen LogP contribution in [0.5, 0.6) is 0 Å². The molecule has 118 valence electrons. The number of rotatable bonds is 3. The molecule has 0 amide bonds. The summed E-state index contributed by atoms with van der Waals surface area (Å²) in [6.07, 6.45) is 1.51. The molecule has 0 aliphatic rings. The van der Waals surface area contributed by atoms with E-state index in [2.05, 4.69) is 10.3 Å². The van der Waals surface area contributed by atoms with Gasteiger partial charge in [-0.2, -0.15) is 0 Å². The second-order valence-electron chi connectivity index (χ2n) is 4.82. The first-order valence-electron chi connectivity index (χ1n) is 6.65. The SMILES string of the molecule is C.Cc1cccn2c(=O)c(C(=O)O)c(Nc3ccccc3)nc12. The van der Waals surface area contributed by atoms with Gasteiger partial charge in [0.1, 0.15) is 5.65 Å². The molecule has 3 rings (SSSR count). The van der Waals surface area contributed by atoms with Gasteiger partial charge in [-0.25, -0.2) is 9.78 Å². The minimum Gasteiger partial charge on any atom is -0.477 e. The van der Waals surface area contributed by atoms with Crippen LogP contribution in [0.4, 0.5) is 11.5 Å². The van der Waals surface area contributed by atoms with Crippen LogP contribution >= 0.6 is 0 Å². The number of aromatic carboxylic acids is 1. The van der Waals surface area contributed by atoms with Gasteiger partial charge in [0.05, 0.1) is 0 Å². The quantitative estimate of drug-likeness (QED) is 0.776. The minimum atomic E-state index is -1.31. The summed E-state index contributed by atoms with van der Waals surface area (Å²) < 4.78 is 1.24. The van der Waals surface area contributed by atoms with Crippen molar-refractivity contribution in [2.45, 2.75) is 14.4 Å². The fraction of sp³-hybridized carbons (Fsp3) is 0.118. The number of fused-ring (bicyclic) bond motifs is 1. The summed E-state index contributed by atoms with van der Waals surface area (Å²) in [6, 6.07) is 12.5. The molecular formula is C17H17N3O3. The summed E-state index contributed by atoms with van der Waals surface area (Å²) >= 11 is 0. The number of nitrogens with one attached hydrogen (secondary N) is 1. The molecule has 2 aromatic heterocycles. The summed E-state index contributed by atoms with van der Waals surface area (Å²) in [6.45, 7) is 1.81. The standard InChI is InChI=1S/C16H13N3O3.CH4/c1-10-6-5-9-19-14(10)18-13(12(15(19)20)16(21)22)17-11-7-3-2-4-8-11;/h2-9,17H,1H3,(H,21,22);1H4. The number of aromatic nitrogens is 2. The number of anilines is 2. The third kappa shape index (κ3) is 2.91. The highest BCUT2D eigenvalue weighted by atomic mass is 16.4. The van der Waals surface area contributed by atoms with Crippen LogP contribution in [-0.2, 0) is 0 Å². The number of para-hydroxylation sites is 1. The first-order valence-corrected chi connectivity index (χ1v) is 6.65. The van der Waals surface area contributed by atoms with Gasteiger partial charge in [0.25, 0.3) is 5.56 Å².